The largest absolute Gasteiger partial charge is 0.508 e. The number of hydrogen-bond acceptors (Lipinski definition) is 3. The zero-order valence-electron chi connectivity index (χ0n) is 8.73. The van der Waals surface area contributed by atoms with Crippen LogP contribution in [0.5, 0.6) is 11.5 Å². The number of phenols is 1. The van der Waals surface area contributed by atoms with E-state index in [-0.39, 0.29) is 17.7 Å². The first-order chi connectivity index (χ1) is 7.09. The fraction of sp³-hybridized carbons (Fsp3) is 0.364. The molecular formula is C11H13NO3. The van der Waals surface area contributed by atoms with Crippen molar-refractivity contribution in [3.05, 3.63) is 23.8 Å². The molecule has 0 radical (unpaired) electrons. The van der Waals surface area contributed by atoms with Gasteiger partial charge in [-0.2, -0.15) is 0 Å². The van der Waals surface area contributed by atoms with Gasteiger partial charge in [-0.15, -0.1) is 0 Å². The summed E-state index contributed by atoms with van der Waals surface area (Å²) in [6.07, 6.45) is 0. The predicted octanol–water partition coefficient (Wildman–Crippen LogP) is 1.25. The van der Waals surface area contributed by atoms with E-state index in [4.69, 9.17) is 4.74 Å². The molecule has 4 heteroatoms. The first-order valence-corrected chi connectivity index (χ1v) is 4.82. The molecule has 1 aliphatic heterocycles. The summed E-state index contributed by atoms with van der Waals surface area (Å²) < 4.78 is 5.48. The normalized spacial score (nSPS) is 20.5. The van der Waals surface area contributed by atoms with Crippen LogP contribution in [0.4, 0.5) is 0 Å². The van der Waals surface area contributed by atoms with Gasteiger partial charge in [0.15, 0.2) is 0 Å². The van der Waals surface area contributed by atoms with Crippen LogP contribution in [0.2, 0.25) is 0 Å². The van der Waals surface area contributed by atoms with E-state index >= 15 is 0 Å². The van der Waals surface area contributed by atoms with Crippen molar-refractivity contribution in [1.82, 2.24) is 4.90 Å². The van der Waals surface area contributed by atoms with Gasteiger partial charge in [0.2, 0.25) is 0 Å². The summed E-state index contributed by atoms with van der Waals surface area (Å²) in [5.74, 6) is 0.494. The van der Waals surface area contributed by atoms with E-state index in [9.17, 15) is 9.90 Å². The Morgan fingerprint density at radius 2 is 2.27 bits per heavy atom. The van der Waals surface area contributed by atoms with Crippen molar-refractivity contribution >= 4 is 5.91 Å². The van der Waals surface area contributed by atoms with Gasteiger partial charge in [0.05, 0.1) is 11.6 Å². The van der Waals surface area contributed by atoms with Gasteiger partial charge >= 0.3 is 0 Å². The summed E-state index contributed by atoms with van der Waals surface area (Å²) in [5, 5.41) is 9.32. The molecule has 15 heavy (non-hydrogen) atoms. The van der Waals surface area contributed by atoms with E-state index in [1.807, 2.05) is 6.92 Å². The molecule has 1 aliphatic rings. The Labute approximate surface area is 88.1 Å². The molecule has 1 N–H and O–H groups in total. The number of carbonyl (C=O) groups excluding carboxylic acids is 1. The van der Waals surface area contributed by atoms with Crippen LogP contribution in [0.15, 0.2) is 18.2 Å². The van der Waals surface area contributed by atoms with Crippen LogP contribution in [0.1, 0.15) is 17.3 Å². The zero-order valence-corrected chi connectivity index (χ0v) is 8.73. The van der Waals surface area contributed by atoms with Gasteiger partial charge in [-0.3, -0.25) is 4.79 Å². The molecule has 1 aromatic carbocycles. The van der Waals surface area contributed by atoms with E-state index in [1.54, 1.807) is 18.0 Å². The highest BCUT2D eigenvalue weighted by Crippen LogP contribution is 2.27. The van der Waals surface area contributed by atoms with Crippen LogP contribution in [0, 0.1) is 0 Å². The monoisotopic (exact) mass is 207 g/mol. The lowest BCUT2D eigenvalue weighted by Crippen LogP contribution is -2.36. The fourth-order valence-electron chi connectivity index (χ4n) is 1.52. The van der Waals surface area contributed by atoms with Crippen molar-refractivity contribution in [1.29, 1.82) is 0 Å². The van der Waals surface area contributed by atoms with Gasteiger partial charge in [-0.05, 0) is 25.1 Å². The van der Waals surface area contributed by atoms with Crippen molar-refractivity contribution in [3.63, 3.8) is 0 Å². The number of likely N-dealkylation sites (N-methyl/N-ethyl adjacent to an activating group) is 1. The molecule has 1 amide bonds. The second-order valence-corrected chi connectivity index (χ2v) is 3.76. The topological polar surface area (TPSA) is 49.8 Å². The lowest BCUT2D eigenvalue weighted by Gasteiger charge is -2.20. The van der Waals surface area contributed by atoms with Crippen molar-refractivity contribution < 1.29 is 14.6 Å². The summed E-state index contributed by atoms with van der Waals surface area (Å²) in [6.45, 7) is 2.39. The molecule has 0 fully saturated rings. The highest BCUT2D eigenvalue weighted by atomic mass is 16.5. The Balaban J connectivity index is 2.48. The number of benzene rings is 1. The standard InChI is InChI=1S/C11H13NO3/c1-7-6-15-10-4-3-8(13)5-9(10)11(14)12(7)2/h3-5,7,13H,6H2,1-2H3. The summed E-state index contributed by atoms with van der Waals surface area (Å²) in [6, 6.07) is 4.61. The van der Waals surface area contributed by atoms with Gasteiger partial charge in [0.25, 0.3) is 5.91 Å². The molecule has 2 rings (SSSR count). The number of aromatic hydroxyl groups is 1. The van der Waals surface area contributed by atoms with Gasteiger partial charge in [0, 0.05) is 7.05 Å². The molecule has 0 saturated carbocycles. The molecule has 1 heterocycles. The lowest BCUT2D eigenvalue weighted by atomic mass is 10.1. The second-order valence-electron chi connectivity index (χ2n) is 3.76. The van der Waals surface area contributed by atoms with Crippen LogP contribution in [-0.4, -0.2) is 35.6 Å². The minimum atomic E-state index is -0.120. The molecule has 0 spiro atoms. The molecule has 0 saturated heterocycles. The Morgan fingerprint density at radius 1 is 1.53 bits per heavy atom. The molecule has 80 valence electrons. The molecule has 1 unspecified atom stereocenters. The molecule has 0 bridgehead atoms. The van der Waals surface area contributed by atoms with E-state index in [2.05, 4.69) is 0 Å². The average Bonchev–Trinajstić information content (AvgIpc) is 2.32. The quantitative estimate of drug-likeness (QED) is 0.696. The van der Waals surface area contributed by atoms with Crippen LogP contribution < -0.4 is 4.74 Å². The van der Waals surface area contributed by atoms with Gasteiger partial charge in [-0.25, -0.2) is 0 Å². The lowest BCUT2D eigenvalue weighted by molar-refractivity contribution is 0.0732. The van der Waals surface area contributed by atoms with Gasteiger partial charge < -0.3 is 14.7 Å². The molecule has 1 aromatic rings. The van der Waals surface area contributed by atoms with Crippen LogP contribution in [0.3, 0.4) is 0 Å². The molecule has 4 nitrogen and oxygen atoms in total. The Morgan fingerprint density at radius 3 is 3.00 bits per heavy atom. The van der Waals surface area contributed by atoms with Crippen molar-refractivity contribution in [3.8, 4) is 11.5 Å². The van der Waals surface area contributed by atoms with Crippen LogP contribution >= 0.6 is 0 Å². The minimum Gasteiger partial charge on any atom is -0.508 e. The number of rotatable bonds is 0. The SMILES string of the molecule is CC1COc2ccc(O)cc2C(=O)N1C. The number of phenolic OH excluding ortho intramolecular Hbond substituents is 1. The summed E-state index contributed by atoms with van der Waals surface area (Å²) in [4.78, 5) is 13.6. The van der Waals surface area contributed by atoms with E-state index in [0.29, 0.717) is 17.9 Å². The summed E-state index contributed by atoms with van der Waals surface area (Å²) in [7, 11) is 1.73. The maximum Gasteiger partial charge on any atom is 0.257 e. The third-order valence-corrected chi connectivity index (χ3v) is 2.66. The van der Waals surface area contributed by atoms with Crippen molar-refractivity contribution in [2.24, 2.45) is 0 Å². The number of hydrogen-bond donors (Lipinski definition) is 1. The third-order valence-electron chi connectivity index (χ3n) is 2.66. The first-order valence-electron chi connectivity index (χ1n) is 4.82. The Hall–Kier alpha value is -1.71. The van der Waals surface area contributed by atoms with Crippen molar-refractivity contribution in [2.45, 2.75) is 13.0 Å². The van der Waals surface area contributed by atoms with E-state index < -0.39 is 0 Å². The first kappa shape index (κ1) is 9.83. The highest BCUT2D eigenvalue weighted by Gasteiger charge is 2.25. The highest BCUT2D eigenvalue weighted by molar-refractivity contribution is 5.97. The fourth-order valence-corrected chi connectivity index (χ4v) is 1.52. The molecular weight excluding hydrogens is 194 g/mol. The Kier molecular flexibility index (Phi) is 2.26. The number of amides is 1. The van der Waals surface area contributed by atoms with Crippen molar-refractivity contribution in [2.75, 3.05) is 13.7 Å². The van der Waals surface area contributed by atoms with Gasteiger partial charge in [-0.1, -0.05) is 0 Å². The van der Waals surface area contributed by atoms with E-state index in [1.165, 1.54) is 12.1 Å². The van der Waals surface area contributed by atoms with Crippen LogP contribution in [0.25, 0.3) is 0 Å². The molecule has 0 aliphatic carbocycles. The number of carbonyl (C=O) groups is 1. The number of nitrogens with zero attached hydrogens (tertiary/aromatic N) is 1. The Bertz CT molecular complexity index is 403. The summed E-state index contributed by atoms with van der Waals surface area (Å²) >= 11 is 0. The second kappa shape index (κ2) is 3.46. The third kappa shape index (κ3) is 1.63. The minimum absolute atomic E-state index is 0.0343. The van der Waals surface area contributed by atoms with E-state index in [0.717, 1.165) is 0 Å². The molecule has 1 atom stereocenters. The van der Waals surface area contributed by atoms with Crippen LogP contribution in [-0.2, 0) is 0 Å². The predicted molar refractivity (Wildman–Crippen MR) is 55.2 cm³/mol. The van der Waals surface area contributed by atoms with Gasteiger partial charge in [0.1, 0.15) is 18.1 Å². The zero-order chi connectivity index (χ0) is 11.0. The smallest absolute Gasteiger partial charge is 0.257 e. The average molecular weight is 207 g/mol. The maximum atomic E-state index is 11.9. The maximum absolute atomic E-state index is 11.9. The number of fused-ring (bicyclic) bond motifs is 1. The summed E-state index contributed by atoms with van der Waals surface area (Å²) in [5.41, 5.74) is 0.418. The number of ether oxygens (including phenoxy) is 1. The molecule has 0 aromatic heterocycles.